The van der Waals surface area contributed by atoms with Gasteiger partial charge in [-0.25, -0.2) is 5.32 Å². The average Bonchev–Trinajstić information content (AvgIpc) is 2.13. The van der Waals surface area contributed by atoms with E-state index in [0.717, 1.165) is 0 Å². The van der Waals surface area contributed by atoms with Gasteiger partial charge in [0, 0.05) is 18.4 Å². The van der Waals surface area contributed by atoms with Crippen LogP contribution < -0.4 is 5.32 Å². The lowest BCUT2D eigenvalue weighted by Gasteiger charge is -2.17. The van der Waals surface area contributed by atoms with Crippen LogP contribution in [-0.4, -0.2) is 16.9 Å². The molecule has 0 bridgehead atoms. The van der Waals surface area contributed by atoms with Crippen molar-refractivity contribution in [3.63, 3.8) is 0 Å². The van der Waals surface area contributed by atoms with Gasteiger partial charge in [-0.15, -0.1) is 0 Å². The first kappa shape index (κ1) is 6.13. The van der Waals surface area contributed by atoms with Crippen LogP contribution in [0.2, 0.25) is 0 Å². The van der Waals surface area contributed by atoms with Crippen LogP contribution in [0, 0.1) is 5.41 Å². The van der Waals surface area contributed by atoms with Crippen molar-refractivity contribution >= 4 is 5.96 Å². The Morgan fingerprint density at radius 2 is 2.33 bits per heavy atom. The summed E-state index contributed by atoms with van der Waals surface area (Å²) in [4.78, 5) is 1.81. The number of nitrogens with one attached hydrogen (secondary N) is 1. The van der Waals surface area contributed by atoms with E-state index in [2.05, 4.69) is 5.32 Å². The van der Waals surface area contributed by atoms with Crippen LogP contribution in [-0.2, 0) is 0 Å². The molecule has 1 aliphatic heterocycles. The second-order valence-electron chi connectivity index (χ2n) is 2.25. The molecule has 0 fully saturated rings. The fourth-order valence-electron chi connectivity index (χ4n) is 0.730. The molecule has 0 amide bonds. The number of hydrogen-bond donors (Lipinski definition) is 1. The smallest absolute Gasteiger partial charge is 0.222 e. The summed E-state index contributed by atoms with van der Waals surface area (Å²) in [5, 5.41) is 11.0. The van der Waals surface area contributed by atoms with Gasteiger partial charge in [0.25, 0.3) is 0 Å². The molecular formula is C6H10N3. The Bertz CT molecular complexity index is 148. The van der Waals surface area contributed by atoms with Crippen molar-refractivity contribution in [2.75, 3.05) is 0 Å². The number of rotatable bonds is 1. The van der Waals surface area contributed by atoms with E-state index < -0.39 is 0 Å². The molecule has 1 aliphatic rings. The van der Waals surface area contributed by atoms with Gasteiger partial charge in [0.15, 0.2) is 0 Å². The Balaban J connectivity index is 2.59. The van der Waals surface area contributed by atoms with Crippen LogP contribution in [0.25, 0.3) is 0 Å². The molecule has 0 aliphatic carbocycles. The normalized spacial score (nSPS) is 17.2. The third-order valence-electron chi connectivity index (χ3n) is 1.22. The molecule has 9 heavy (non-hydrogen) atoms. The minimum Gasteiger partial charge on any atom is -0.314 e. The number of nitrogens with zero attached hydrogens (tertiary/aromatic N) is 2. The molecule has 1 radical (unpaired) electrons. The Morgan fingerprint density at radius 3 is 2.56 bits per heavy atom. The molecule has 0 saturated heterocycles. The van der Waals surface area contributed by atoms with Crippen LogP contribution >= 0.6 is 0 Å². The summed E-state index contributed by atoms with van der Waals surface area (Å²) in [5.74, 6) is 0.338. The molecule has 49 valence electrons. The standard InChI is InChI=1S/C6H10N3/c1-5(2)9-4-3-8-6(9)7/h3-5,7H,1-2H3. The van der Waals surface area contributed by atoms with Crippen LogP contribution in [0.15, 0.2) is 12.4 Å². The highest BCUT2D eigenvalue weighted by Crippen LogP contribution is 2.03. The summed E-state index contributed by atoms with van der Waals surface area (Å²) >= 11 is 0. The molecule has 3 nitrogen and oxygen atoms in total. The molecule has 1 N–H and O–H groups in total. The van der Waals surface area contributed by atoms with E-state index >= 15 is 0 Å². The van der Waals surface area contributed by atoms with Crippen molar-refractivity contribution in [1.82, 2.24) is 10.2 Å². The number of guanidine groups is 1. The maximum atomic E-state index is 7.23. The van der Waals surface area contributed by atoms with Crippen LogP contribution in [0.4, 0.5) is 0 Å². The fourth-order valence-corrected chi connectivity index (χ4v) is 0.730. The minimum absolute atomic E-state index is 0.338. The van der Waals surface area contributed by atoms with E-state index in [1.165, 1.54) is 0 Å². The van der Waals surface area contributed by atoms with Gasteiger partial charge in [0.2, 0.25) is 5.96 Å². The van der Waals surface area contributed by atoms with Gasteiger partial charge in [0.05, 0.1) is 0 Å². The third-order valence-corrected chi connectivity index (χ3v) is 1.22. The lowest BCUT2D eigenvalue weighted by molar-refractivity contribution is 0.459. The zero-order valence-corrected chi connectivity index (χ0v) is 5.63. The van der Waals surface area contributed by atoms with Gasteiger partial charge in [-0.2, -0.15) is 0 Å². The van der Waals surface area contributed by atoms with Crippen molar-refractivity contribution in [3.8, 4) is 0 Å². The van der Waals surface area contributed by atoms with Crippen molar-refractivity contribution in [2.45, 2.75) is 19.9 Å². The Morgan fingerprint density at radius 1 is 1.67 bits per heavy atom. The SMILES string of the molecule is CC(C)N1C=C[N]C1=N. The zero-order valence-electron chi connectivity index (χ0n) is 5.63. The highest BCUT2D eigenvalue weighted by molar-refractivity contribution is 5.80. The Hall–Kier alpha value is -0.990. The van der Waals surface area contributed by atoms with Crippen LogP contribution in [0.1, 0.15) is 13.8 Å². The summed E-state index contributed by atoms with van der Waals surface area (Å²) in [6, 6.07) is 0.347. The van der Waals surface area contributed by atoms with E-state index in [-0.39, 0.29) is 0 Å². The Kier molecular flexibility index (Phi) is 1.42. The van der Waals surface area contributed by atoms with Gasteiger partial charge in [-0.05, 0) is 13.8 Å². The van der Waals surface area contributed by atoms with Crippen molar-refractivity contribution in [2.24, 2.45) is 0 Å². The highest BCUT2D eigenvalue weighted by atomic mass is 15.3. The van der Waals surface area contributed by atoms with E-state index in [1.807, 2.05) is 20.0 Å². The van der Waals surface area contributed by atoms with E-state index in [0.29, 0.717) is 12.0 Å². The van der Waals surface area contributed by atoms with Gasteiger partial charge in [-0.1, -0.05) is 0 Å². The summed E-state index contributed by atoms with van der Waals surface area (Å²) < 4.78 is 0. The molecule has 0 aromatic rings. The first-order chi connectivity index (χ1) is 4.22. The predicted molar refractivity (Wildman–Crippen MR) is 36.0 cm³/mol. The maximum Gasteiger partial charge on any atom is 0.222 e. The lowest BCUT2D eigenvalue weighted by atomic mass is 10.4. The monoisotopic (exact) mass is 124 g/mol. The molecule has 0 aromatic heterocycles. The van der Waals surface area contributed by atoms with Gasteiger partial charge in [0.1, 0.15) is 0 Å². The first-order valence-corrected chi connectivity index (χ1v) is 2.96. The fraction of sp³-hybridized carbons (Fsp3) is 0.500. The molecule has 1 rings (SSSR count). The Labute approximate surface area is 54.9 Å². The maximum absolute atomic E-state index is 7.23. The molecule has 0 unspecified atom stereocenters. The number of hydrogen-bond acceptors (Lipinski definition) is 1. The average molecular weight is 124 g/mol. The molecule has 0 saturated carbocycles. The van der Waals surface area contributed by atoms with Crippen molar-refractivity contribution in [1.29, 1.82) is 5.41 Å². The zero-order chi connectivity index (χ0) is 6.85. The van der Waals surface area contributed by atoms with Gasteiger partial charge in [-0.3, -0.25) is 5.41 Å². The van der Waals surface area contributed by atoms with Crippen molar-refractivity contribution in [3.05, 3.63) is 12.4 Å². The second-order valence-corrected chi connectivity index (χ2v) is 2.25. The van der Waals surface area contributed by atoms with Gasteiger partial charge >= 0.3 is 0 Å². The van der Waals surface area contributed by atoms with Crippen molar-refractivity contribution < 1.29 is 0 Å². The minimum atomic E-state index is 0.338. The van der Waals surface area contributed by atoms with E-state index in [9.17, 15) is 0 Å². The largest absolute Gasteiger partial charge is 0.314 e. The summed E-state index contributed by atoms with van der Waals surface area (Å²) in [7, 11) is 0. The van der Waals surface area contributed by atoms with Crippen LogP contribution in [0.5, 0.6) is 0 Å². The second kappa shape index (κ2) is 2.09. The van der Waals surface area contributed by atoms with Gasteiger partial charge < -0.3 is 4.90 Å². The molecule has 0 spiro atoms. The molecule has 1 heterocycles. The third kappa shape index (κ3) is 1.04. The first-order valence-electron chi connectivity index (χ1n) is 2.96. The summed E-state index contributed by atoms with van der Waals surface area (Å²) in [6.07, 6.45) is 3.45. The summed E-state index contributed by atoms with van der Waals surface area (Å²) in [5.41, 5.74) is 0. The lowest BCUT2D eigenvalue weighted by Crippen LogP contribution is -2.30. The molecular weight excluding hydrogens is 114 g/mol. The molecule has 3 heteroatoms. The van der Waals surface area contributed by atoms with E-state index in [1.54, 1.807) is 11.1 Å². The quantitative estimate of drug-likeness (QED) is 0.549. The predicted octanol–water partition coefficient (Wildman–Crippen LogP) is 0.721. The summed E-state index contributed by atoms with van der Waals surface area (Å²) in [6.45, 7) is 4.06. The molecule has 0 aromatic carbocycles. The molecule has 0 atom stereocenters. The van der Waals surface area contributed by atoms with E-state index in [4.69, 9.17) is 5.41 Å². The van der Waals surface area contributed by atoms with Crippen LogP contribution in [0.3, 0.4) is 0 Å². The highest BCUT2D eigenvalue weighted by Gasteiger charge is 2.14. The topological polar surface area (TPSA) is 41.2 Å².